The van der Waals surface area contributed by atoms with E-state index in [1.807, 2.05) is 30.3 Å². The van der Waals surface area contributed by atoms with Gasteiger partial charge in [-0.3, -0.25) is 0 Å². The van der Waals surface area contributed by atoms with Gasteiger partial charge in [-0.15, -0.1) is 0 Å². The van der Waals surface area contributed by atoms with Crippen molar-refractivity contribution in [2.24, 2.45) is 0 Å². The van der Waals surface area contributed by atoms with Gasteiger partial charge in [0.15, 0.2) is 11.6 Å². The van der Waals surface area contributed by atoms with Crippen molar-refractivity contribution >= 4 is 0 Å². The van der Waals surface area contributed by atoms with E-state index in [1.165, 1.54) is 26.0 Å². The summed E-state index contributed by atoms with van der Waals surface area (Å²) >= 11 is 0. The highest BCUT2D eigenvalue weighted by atomic mass is 19.2. The summed E-state index contributed by atoms with van der Waals surface area (Å²) in [6.07, 6.45) is 0.229. The van der Waals surface area contributed by atoms with Crippen LogP contribution in [0.3, 0.4) is 0 Å². The molecule has 0 saturated heterocycles. The van der Waals surface area contributed by atoms with Gasteiger partial charge in [0, 0.05) is 12.0 Å². The van der Waals surface area contributed by atoms with Gasteiger partial charge in [-0.2, -0.15) is 0 Å². The molecule has 1 nitrogen and oxygen atoms in total. The van der Waals surface area contributed by atoms with Crippen LogP contribution in [0, 0.1) is 18.6 Å². The molecule has 0 aliphatic carbocycles. The van der Waals surface area contributed by atoms with E-state index in [0.717, 1.165) is 5.56 Å². The first-order valence-electron chi connectivity index (χ1n) is 6.13. The molecular formula is C16H16F2O. The van der Waals surface area contributed by atoms with E-state index in [-0.39, 0.29) is 17.5 Å². The first-order chi connectivity index (χ1) is 8.92. The van der Waals surface area contributed by atoms with Gasteiger partial charge in [-0.25, -0.2) is 8.78 Å². The Labute approximate surface area is 111 Å². The molecule has 2 rings (SSSR count). The molecule has 100 valence electrons. The molecule has 0 aliphatic heterocycles. The Bertz CT molecular complexity index is 577. The standard InChI is InChI=1S/C16H16F2O/c1-11-8-9-13(15(18)14(11)17)16(2,19)10-12-6-4-3-5-7-12/h3-9,19H,10H2,1-2H3. The quantitative estimate of drug-likeness (QED) is 0.893. The largest absolute Gasteiger partial charge is 0.385 e. The highest BCUT2D eigenvalue weighted by Gasteiger charge is 2.28. The molecule has 19 heavy (non-hydrogen) atoms. The number of aliphatic hydroxyl groups is 1. The highest BCUT2D eigenvalue weighted by molar-refractivity contribution is 5.31. The van der Waals surface area contributed by atoms with Gasteiger partial charge in [-0.05, 0) is 25.0 Å². The number of aryl methyl sites for hydroxylation is 1. The third-order valence-corrected chi connectivity index (χ3v) is 3.25. The molecule has 3 heteroatoms. The maximum absolute atomic E-state index is 13.9. The summed E-state index contributed by atoms with van der Waals surface area (Å²) in [6, 6.07) is 12.2. The molecule has 1 unspecified atom stereocenters. The fraction of sp³-hybridized carbons (Fsp3) is 0.250. The number of rotatable bonds is 3. The normalized spacial score (nSPS) is 14.2. The van der Waals surface area contributed by atoms with Crippen molar-refractivity contribution in [1.29, 1.82) is 0 Å². The average molecular weight is 262 g/mol. The number of halogens is 2. The van der Waals surface area contributed by atoms with Crippen molar-refractivity contribution in [1.82, 2.24) is 0 Å². The Morgan fingerprint density at radius 2 is 1.63 bits per heavy atom. The van der Waals surface area contributed by atoms with Gasteiger partial charge in [0.05, 0.1) is 5.60 Å². The van der Waals surface area contributed by atoms with Crippen molar-refractivity contribution in [2.45, 2.75) is 25.9 Å². The summed E-state index contributed by atoms with van der Waals surface area (Å²) in [7, 11) is 0. The van der Waals surface area contributed by atoms with Gasteiger partial charge < -0.3 is 5.11 Å². The van der Waals surface area contributed by atoms with Crippen LogP contribution >= 0.6 is 0 Å². The molecule has 1 atom stereocenters. The lowest BCUT2D eigenvalue weighted by atomic mass is 9.88. The second-order valence-corrected chi connectivity index (χ2v) is 4.99. The summed E-state index contributed by atoms with van der Waals surface area (Å²) in [5.41, 5.74) is -0.357. The molecule has 0 bridgehead atoms. The molecule has 0 aromatic heterocycles. The van der Waals surface area contributed by atoms with Crippen molar-refractivity contribution in [2.75, 3.05) is 0 Å². The van der Waals surface area contributed by atoms with Crippen LogP contribution in [0.5, 0.6) is 0 Å². The molecule has 0 aliphatic rings. The van der Waals surface area contributed by atoms with Gasteiger partial charge >= 0.3 is 0 Å². The summed E-state index contributed by atoms with van der Waals surface area (Å²) in [5, 5.41) is 10.4. The summed E-state index contributed by atoms with van der Waals surface area (Å²) in [6.45, 7) is 2.99. The van der Waals surface area contributed by atoms with Crippen LogP contribution in [0.25, 0.3) is 0 Å². The minimum absolute atomic E-state index is 0.0144. The monoisotopic (exact) mass is 262 g/mol. The number of hydrogen-bond acceptors (Lipinski definition) is 1. The second-order valence-electron chi connectivity index (χ2n) is 4.99. The lowest BCUT2D eigenvalue weighted by molar-refractivity contribution is 0.0530. The van der Waals surface area contributed by atoms with E-state index in [0.29, 0.717) is 0 Å². The van der Waals surface area contributed by atoms with Crippen LogP contribution in [0.1, 0.15) is 23.6 Å². The Morgan fingerprint density at radius 3 is 2.26 bits per heavy atom. The third kappa shape index (κ3) is 2.82. The van der Waals surface area contributed by atoms with E-state index in [4.69, 9.17) is 0 Å². The maximum Gasteiger partial charge on any atom is 0.165 e. The zero-order valence-electron chi connectivity index (χ0n) is 11.0. The van der Waals surface area contributed by atoms with Crippen LogP contribution in [-0.2, 0) is 12.0 Å². The average Bonchev–Trinajstić information content (AvgIpc) is 2.36. The SMILES string of the molecule is Cc1ccc(C(C)(O)Cc2ccccc2)c(F)c1F. The molecule has 0 spiro atoms. The highest BCUT2D eigenvalue weighted by Crippen LogP contribution is 2.29. The zero-order chi connectivity index (χ0) is 14.0. The lowest BCUT2D eigenvalue weighted by Gasteiger charge is -2.25. The summed E-state index contributed by atoms with van der Waals surface area (Å²) in [4.78, 5) is 0. The fourth-order valence-electron chi connectivity index (χ4n) is 2.15. The Morgan fingerprint density at radius 1 is 1.00 bits per heavy atom. The van der Waals surface area contributed by atoms with Crippen LogP contribution < -0.4 is 0 Å². The Hall–Kier alpha value is -1.74. The van der Waals surface area contributed by atoms with Crippen molar-refractivity contribution in [3.05, 3.63) is 70.8 Å². The van der Waals surface area contributed by atoms with Crippen molar-refractivity contribution in [3.8, 4) is 0 Å². The molecule has 0 amide bonds. The van der Waals surface area contributed by atoms with Crippen LogP contribution in [-0.4, -0.2) is 5.11 Å². The van der Waals surface area contributed by atoms with Crippen LogP contribution in [0.15, 0.2) is 42.5 Å². The van der Waals surface area contributed by atoms with Gasteiger partial charge in [-0.1, -0.05) is 42.5 Å². The summed E-state index contributed by atoms with van der Waals surface area (Å²) in [5.74, 6) is -1.87. The van der Waals surface area contributed by atoms with Crippen molar-refractivity contribution in [3.63, 3.8) is 0 Å². The second kappa shape index (κ2) is 5.10. The molecule has 0 radical (unpaired) electrons. The van der Waals surface area contributed by atoms with Gasteiger partial charge in [0.2, 0.25) is 0 Å². The van der Waals surface area contributed by atoms with Crippen LogP contribution in [0.4, 0.5) is 8.78 Å². The maximum atomic E-state index is 13.9. The predicted molar refractivity (Wildman–Crippen MR) is 70.8 cm³/mol. The van der Waals surface area contributed by atoms with E-state index in [2.05, 4.69) is 0 Å². The topological polar surface area (TPSA) is 20.2 Å². The van der Waals surface area contributed by atoms with E-state index in [1.54, 1.807) is 0 Å². The predicted octanol–water partition coefficient (Wildman–Crippen LogP) is 3.72. The van der Waals surface area contributed by atoms with Gasteiger partial charge in [0.1, 0.15) is 0 Å². The zero-order valence-corrected chi connectivity index (χ0v) is 11.0. The molecule has 1 N–H and O–H groups in total. The summed E-state index contributed by atoms with van der Waals surface area (Å²) < 4.78 is 27.5. The lowest BCUT2D eigenvalue weighted by Crippen LogP contribution is -2.26. The van der Waals surface area contributed by atoms with E-state index >= 15 is 0 Å². The molecule has 0 heterocycles. The first kappa shape index (κ1) is 13.7. The minimum Gasteiger partial charge on any atom is -0.385 e. The number of hydrogen-bond donors (Lipinski definition) is 1. The Balaban J connectivity index is 2.37. The minimum atomic E-state index is -1.44. The molecule has 2 aromatic rings. The van der Waals surface area contributed by atoms with Crippen molar-refractivity contribution < 1.29 is 13.9 Å². The first-order valence-corrected chi connectivity index (χ1v) is 6.13. The van der Waals surface area contributed by atoms with E-state index < -0.39 is 17.2 Å². The molecule has 0 fully saturated rings. The van der Waals surface area contributed by atoms with Gasteiger partial charge in [0.25, 0.3) is 0 Å². The molecule has 2 aromatic carbocycles. The Kier molecular flexibility index (Phi) is 3.67. The smallest absolute Gasteiger partial charge is 0.165 e. The molecular weight excluding hydrogens is 246 g/mol. The van der Waals surface area contributed by atoms with E-state index in [9.17, 15) is 13.9 Å². The van der Waals surface area contributed by atoms with Crippen LogP contribution in [0.2, 0.25) is 0 Å². The third-order valence-electron chi connectivity index (χ3n) is 3.25. The number of benzene rings is 2. The molecule has 0 saturated carbocycles. The fourth-order valence-corrected chi connectivity index (χ4v) is 2.15.